The molecule has 68 valence electrons. The molecule has 0 atom stereocenters. The van der Waals surface area contributed by atoms with Gasteiger partial charge in [0.25, 0.3) is 0 Å². The summed E-state index contributed by atoms with van der Waals surface area (Å²) < 4.78 is 10.2. The van der Waals surface area contributed by atoms with E-state index in [-0.39, 0.29) is 0 Å². The molecule has 0 saturated carbocycles. The molecular formula is C8H19NO2. The molecule has 0 aliphatic heterocycles. The quantitative estimate of drug-likeness (QED) is 0.519. The van der Waals surface area contributed by atoms with Gasteiger partial charge in [-0.3, -0.25) is 4.90 Å². The van der Waals surface area contributed by atoms with Crippen LogP contribution in [0.1, 0.15) is 13.8 Å². The van der Waals surface area contributed by atoms with Gasteiger partial charge in [0, 0.05) is 20.3 Å². The molecule has 3 heteroatoms. The summed E-state index contributed by atoms with van der Waals surface area (Å²) in [6, 6.07) is 0. The maximum absolute atomic E-state index is 5.25. The van der Waals surface area contributed by atoms with E-state index < -0.39 is 0 Å². The topological polar surface area (TPSA) is 21.7 Å². The van der Waals surface area contributed by atoms with Gasteiger partial charge in [-0.25, -0.2) is 0 Å². The molecule has 0 aliphatic carbocycles. The van der Waals surface area contributed by atoms with Crippen molar-refractivity contribution in [2.75, 3.05) is 40.1 Å². The van der Waals surface area contributed by atoms with Crippen LogP contribution >= 0.6 is 0 Å². The number of hydrogen-bond donors (Lipinski definition) is 0. The molecule has 0 bridgehead atoms. The monoisotopic (exact) mass is 161 g/mol. The van der Waals surface area contributed by atoms with E-state index in [1.165, 1.54) is 0 Å². The molecule has 0 aromatic heterocycles. The maximum atomic E-state index is 5.25. The molecule has 0 amide bonds. The largest absolute Gasteiger partial charge is 0.383 e. The number of rotatable bonds is 7. The Labute approximate surface area is 69.3 Å². The standard InChI is InChI=1S/C8H19NO2/c1-4-9(6-7-10-3)8-11-5-2/h4-8H2,1-3H3. The summed E-state index contributed by atoms with van der Waals surface area (Å²) in [6.45, 7) is 8.37. The van der Waals surface area contributed by atoms with Crippen LogP contribution in [0.25, 0.3) is 0 Å². The first-order valence-corrected chi connectivity index (χ1v) is 4.14. The zero-order chi connectivity index (χ0) is 8.53. The fourth-order valence-electron chi connectivity index (χ4n) is 0.755. The average Bonchev–Trinajstić information content (AvgIpc) is 2.05. The highest BCUT2D eigenvalue weighted by Crippen LogP contribution is 1.88. The predicted molar refractivity (Wildman–Crippen MR) is 45.6 cm³/mol. The fourth-order valence-corrected chi connectivity index (χ4v) is 0.755. The van der Waals surface area contributed by atoms with Crippen molar-refractivity contribution >= 4 is 0 Å². The normalized spacial score (nSPS) is 10.9. The molecule has 0 saturated heterocycles. The first-order chi connectivity index (χ1) is 5.35. The second-order valence-corrected chi connectivity index (χ2v) is 2.33. The molecule has 0 aromatic carbocycles. The SMILES string of the molecule is CCOCN(CC)CCOC. The van der Waals surface area contributed by atoms with E-state index in [0.29, 0.717) is 0 Å². The van der Waals surface area contributed by atoms with Crippen LogP contribution in [0.5, 0.6) is 0 Å². The molecule has 0 spiro atoms. The van der Waals surface area contributed by atoms with Crippen LogP contribution in [0, 0.1) is 0 Å². The fraction of sp³-hybridized carbons (Fsp3) is 1.00. The van der Waals surface area contributed by atoms with Gasteiger partial charge in [-0.05, 0) is 13.5 Å². The third-order valence-electron chi connectivity index (χ3n) is 1.54. The van der Waals surface area contributed by atoms with Gasteiger partial charge in [-0.15, -0.1) is 0 Å². The van der Waals surface area contributed by atoms with Crippen molar-refractivity contribution in [3.05, 3.63) is 0 Å². The van der Waals surface area contributed by atoms with E-state index in [1.54, 1.807) is 7.11 Å². The molecule has 0 fully saturated rings. The molecule has 11 heavy (non-hydrogen) atoms. The molecule has 0 rings (SSSR count). The number of methoxy groups -OCH3 is 1. The van der Waals surface area contributed by atoms with E-state index in [9.17, 15) is 0 Å². The summed E-state index contributed by atoms with van der Waals surface area (Å²) in [5.74, 6) is 0. The Bertz CT molecular complexity index is 70.5. The number of nitrogens with zero attached hydrogens (tertiary/aromatic N) is 1. The summed E-state index contributed by atoms with van der Waals surface area (Å²) in [5, 5.41) is 0. The van der Waals surface area contributed by atoms with Crippen molar-refractivity contribution in [3.63, 3.8) is 0 Å². The van der Waals surface area contributed by atoms with Gasteiger partial charge < -0.3 is 9.47 Å². The first kappa shape index (κ1) is 10.9. The maximum Gasteiger partial charge on any atom is 0.0990 e. The molecule has 0 unspecified atom stereocenters. The molecule has 0 aromatic rings. The number of ether oxygens (including phenoxy) is 2. The Hall–Kier alpha value is -0.120. The highest BCUT2D eigenvalue weighted by atomic mass is 16.5. The van der Waals surface area contributed by atoms with Gasteiger partial charge >= 0.3 is 0 Å². The van der Waals surface area contributed by atoms with Crippen LogP contribution in [-0.2, 0) is 9.47 Å². The van der Waals surface area contributed by atoms with E-state index in [2.05, 4.69) is 11.8 Å². The summed E-state index contributed by atoms with van der Waals surface area (Å²) >= 11 is 0. The van der Waals surface area contributed by atoms with E-state index in [0.717, 1.165) is 33.0 Å². The summed E-state index contributed by atoms with van der Waals surface area (Å²) in [4.78, 5) is 2.20. The van der Waals surface area contributed by atoms with Crippen LogP contribution < -0.4 is 0 Å². The van der Waals surface area contributed by atoms with Crippen LogP contribution in [0.4, 0.5) is 0 Å². The Balaban J connectivity index is 3.25. The van der Waals surface area contributed by atoms with Crippen LogP contribution in [0.3, 0.4) is 0 Å². The average molecular weight is 161 g/mol. The zero-order valence-corrected chi connectivity index (χ0v) is 7.80. The van der Waals surface area contributed by atoms with Gasteiger partial charge in [0.1, 0.15) is 0 Å². The van der Waals surface area contributed by atoms with Gasteiger partial charge in [-0.2, -0.15) is 0 Å². The highest BCUT2D eigenvalue weighted by Gasteiger charge is 1.99. The van der Waals surface area contributed by atoms with Gasteiger partial charge in [0.05, 0.1) is 13.3 Å². The van der Waals surface area contributed by atoms with Gasteiger partial charge in [-0.1, -0.05) is 6.92 Å². The van der Waals surface area contributed by atoms with E-state index in [1.807, 2.05) is 6.92 Å². The van der Waals surface area contributed by atoms with Crippen molar-refractivity contribution < 1.29 is 9.47 Å². The summed E-state index contributed by atoms with van der Waals surface area (Å²) in [5.41, 5.74) is 0. The lowest BCUT2D eigenvalue weighted by Crippen LogP contribution is -2.29. The lowest BCUT2D eigenvalue weighted by molar-refractivity contribution is 0.0247. The van der Waals surface area contributed by atoms with E-state index in [4.69, 9.17) is 9.47 Å². The van der Waals surface area contributed by atoms with Crippen molar-refractivity contribution in [3.8, 4) is 0 Å². The minimum atomic E-state index is 0.719. The lowest BCUT2D eigenvalue weighted by atomic mass is 10.5. The van der Waals surface area contributed by atoms with Crippen LogP contribution in [-0.4, -0.2) is 45.0 Å². The molecule has 0 N–H and O–H groups in total. The first-order valence-electron chi connectivity index (χ1n) is 4.14. The predicted octanol–water partition coefficient (Wildman–Crippen LogP) is 0.949. The van der Waals surface area contributed by atoms with Crippen molar-refractivity contribution in [1.29, 1.82) is 0 Å². The second kappa shape index (κ2) is 7.98. The van der Waals surface area contributed by atoms with Crippen LogP contribution in [0.2, 0.25) is 0 Å². The zero-order valence-electron chi connectivity index (χ0n) is 7.80. The smallest absolute Gasteiger partial charge is 0.0990 e. The Morgan fingerprint density at radius 1 is 1.27 bits per heavy atom. The van der Waals surface area contributed by atoms with Crippen molar-refractivity contribution in [2.24, 2.45) is 0 Å². The Morgan fingerprint density at radius 2 is 2.00 bits per heavy atom. The third-order valence-corrected chi connectivity index (χ3v) is 1.54. The Kier molecular flexibility index (Phi) is 7.89. The molecule has 0 aliphatic rings. The number of likely N-dealkylation sites (N-methyl/N-ethyl adjacent to an activating group) is 1. The van der Waals surface area contributed by atoms with E-state index >= 15 is 0 Å². The highest BCUT2D eigenvalue weighted by molar-refractivity contribution is 4.47. The van der Waals surface area contributed by atoms with Crippen molar-refractivity contribution in [2.45, 2.75) is 13.8 Å². The van der Waals surface area contributed by atoms with Crippen LogP contribution in [0.15, 0.2) is 0 Å². The summed E-state index contributed by atoms with van der Waals surface area (Å²) in [7, 11) is 1.72. The molecule has 3 nitrogen and oxygen atoms in total. The van der Waals surface area contributed by atoms with Gasteiger partial charge in [0.2, 0.25) is 0 Å². The third kappa shape index (κ3) is 6.28. The molecule has 0 heterocycles. The summed E-state index contributed by atoms with van der Waals surface area (Å²) in [6.07, 6.45) is 0. The Morgan fingerprint density at radius 3 is 2.45 bits per heavy atom. The lowest BCUT2D eigenvalue weighted by Gasteiger charge is -2.18. The number of hydrogen-bond acceptors (Lipinski definition) is 3. The minimum absolute atomic E-state index is 0.719. The van der Waals surface area contributed by atoms with Crippen molar-refractivity contribution in [1.82, 2.24) is 4.90 Å². The molecule has 0 radical (unpaired) electrons. The van der Waals surface area contributed by atoms with Gasteiger partial charge in [0.15, 0.2) is 0 Å². The second-order valence-electron chi connectivity index (χ2n) is 2.33. The minimum Gasteiger partial charge on any atom is -0.383 e. The molecular weight excluding hydrogens is 142 g/mol.